The van der Waals surface area contributed by atoms with Crippen LogP contribution in [0.15, 0.2) is 33.6 Å². The molecule has 2 unspecified atom stereocenters. The van der Waals surface area contributed by atoms with Gasteiger partial charge in [-0.15, -0.1) is 11.8 Å². The molecule has 2 atom stereocenters. The maximum Gasteiger partial charge on any atom is 0.328 e. The van der Waals surface area contributed by atoms with Crippen molar-refractivity contribution in [2.24, 2.45) is 0 Å². The lowest BCUT2D eigenvalue weighted by Gasteiger charge is -2.16. The number of benzene rings is 1. The molecule has 0 fully saturated rings. The van der Waals surface area contributed by atoms with Crippen molar-refractivity contribution in [3.8, 4) is 0 Å². The van der Waals surface area contributed by atoms with E-state index in [9.17, 15) is 14.7 Å². The number of hydrogen-bond acceptors (Lipinski definition) is 4. The molecule has 1 amide bonds. The summed E-state index contributed by atoms with van der Waals surface area (Å²) in [6, 6.07) is 6.14. The molecule has 0 saturated carbocycles. The van der Waals surface area contributed by atoms with Gasteiger partial charge in [-0.3, -0.25) is 4.79 Å². The molecule has 1 aromatic carbocycles. The largest absolute Gasteiger partial charge is 0.480 e. The molecule has 3 N–H and O–H groups in total. The number of hydrogen-bond donors (Lipinski definition) is 3. The molecule has 0 radical (unpaired) electrons. The third-order valence-electron chi connectivity index (χ3n) is 2.25. The number of aliphatic hydroxyl groups is 1. The van der Waals surface area contributed by atoms with Crippen molar-refractivity contribution in [1.82, 2.24) is 5.32 Å². The zero-order valence-corrected chi connectivity index (χ0v) is 12.6. The van der Waals surface area contributed by atoms with Gasteiger partial charge in [-0.25, -0.2) is 4.79 Å². The molecule has 0 aliphatic heterocycles. The standard InChI is InChI=1S/C12H14BrNO4S/c1-7(15)11(12(17)18)14-10(16)6-19-9-4-2-8(13)3-5-9/h2-5,7,11,15H,6H2,1H3,(H,14,16)(H,17,18). The smallest absolute Gasteiger partial charge is 0.328 e. The molecule has 0 saturated heterocycles. The second kappa shape index (κ2) is 7.52. The Morgan fingerprint density at radius 3 is 2.42 bits per heavy atom. The highest BCUT2D eigenvalue weighted by molar-refractivity contribution is 9.10. The quantitative estimate of drug-likeness (QED) is 0.678. The molecule has 0 heterocycles. The lowest BCUT2D eigenvalue weighted by molar-refractivity contribution is -0.144. The maximum atomic E-state index is 11.6. The van der Waals surface area contributed by atoms with Crippen molar-refractivity contribution in [2.45, 2.75) is 24.0 Å². The normalized spacial score (nSPS) is 13.6. The van der Waals surface area contributed by atoms with Crippen LogP contribution in [0.25, 0.3) is 0 Å². The van der Waals surface area contributed by atoms with E-state index in [1.54, 1.807) is 0 Å². The van der Waals surface area contributed by atoms with Crippen LogP contribution in [-0.4, -0.2) is 40.0 Å². The summed E-state index contributed by atoms with van der Waals surface area (Å²) in [6.07, 6.45) is -1.14. The minimum atomic E-state index is -1.28. The molecule has 0 aliphatic rings. The van der Waals surface area contributed by atoms with Gasteiger partial charge in [-0.2, -0.15) is 0 Å². The van der Waals surface area contributed by atoms with Gasteiger partial charge in [-0.05, 0) is 31.2 Å². The Morgan fingerprint density at radius 2 is 1.95 bits per heavy atom. The van der Waals surface area contributed by atoms with Gasteiger partial charge in [0.25, 0.3) is 0 Å². The van der Waals surface area contributed by atoms with Crippen LogP contribution < -0.4 is 5.32 Å². The minimum Gasteiger partial charge on any atom is -0.480 e. The molecule has 0 aliphatic carbocycles. The minimum absolute atomic E-state index is 0.0954. The summed E-state index contributed by atoms with van der Waals surface area (Å²) < 4.78 is 0.946. The van der Waals surface area contributed by atoms with Crippen LogP contribution in [0, 0.1) is 0 Å². The van der Waals surface area contributed by atoms with E-state index in [2.05, 4.69) is 21.2 Å². The Hall–Kier alpha value is -1.05. The summed E-state index contributed by atoms with van der Waals surface area (Å²) in [4.78, 5) is 23.3. The summed E-state index contributed by atoms with van der Waals surface area (Å²) in [6.45, 7) is 1.32. The Morgan fingerprint density at radius 1 is 1.37 bits per heavy atom. The summed E-state index contributed by atoms with van der Waals surface area (Å²) in [5.74, 6) is -1.59. The van der Waals surface area contributed by atoms with Crippen LogP contribution in [-0.2, 0) is 9.59 Å². The first-order chi connectivity index (χ1) is 8.90. The molecule has 0 aromatic heterocycles. The fraction of sp³-hybridized carbons (Fsp3) is 0.333. The first kappa shape index (κ1) is 16.0. The van der Waals surface area contributed by atoms with Gasteiger partial charge in [0.1, 0.15) is 0 Å². The monoisotopic (exact) mass is 347 g/mol. The molecular weight excluding hydrogens is 334 g/mol. The Labute approximate surface area is 123 Å². The van der Waals surface area contributed by atoms with Crippen LogP contribution in [0.1, 0.15) is 6.92 Å². The molecule has 5 nitrogen and oxygen atoms in total. The number of carboxylic acid groups (broad SMARTS) is 1. The van der Waals surface area contributed by atoms with Crippen LogP contribution in [0.5, 0.6) is 0 Å². The lowest BCUT2D eigenvalue weighted by Crippen LogP contribution is -2.48. The van der Waals surface area contributed by atoms with Crippen molar-refractivity contribution in [1.29, 1.82) is 0 Å². The second-order valence-corrected chi connectivity index (χ2v) is 5.83. The maximum absolute atomic E-state index is 11.6. The van der Waals surface area contributed by atoms with Gasteiger partial charge in [0, 0.05) is 9.37 Å². The number of aliphatic carboxylic acids is 1. The third-order valence-corrected chi connectivity index (χ3v) is 3.79. The van der Waals surface area contributed by atoms with Crippen LogP contribution in [0.4, 0.5) is 0 Å². The van der Waals surface area contributed by atoms with E-state index < -0.39 is 24.0 Å². The number of carbonyl (C=O) groups is 2. The molecule has 0 spiro atoms. The average molecular weight is 348 g/mol. The summed E-state index contributed by atoms with van der Waals surface area (Å²) in [5, 5.41) is 20.3. The Kier molecular flexibility index (Phi) is 6.33. The van der Waals surface area contributed by atoms with Crippen molar-refractivity contribution in [3.05, 3.63) is 28.7 Å². The van der Waals surface area contributed by atoms with Gasteiger partial charge in [0.15, 0.2) is 6.04 Å². The highest BCUT2D eigenvalue weighted by Gasteiger charge is 2.24. The molecule has 1 aromatic rings. The third kappa shape index (κ3) is 5.63. The molecular formula is C12H14BrNO4S. The van der Waals surface area contributed by atoms with Crippen molar-refractivity contribution in [2.75, 3.05) is 5.75 Å². The summed E-state index contributed by atoms with van der Waals surface area (Å²) in [7, 11) is 0. The first-order valence-electron chi connectivity index (χ1n) is 5.48. The molecule has 0 bridgehead atoms. The van der Waals surface area contributed by atoms with Crippen LogP contribution in [0.2, 0.25) is 0 Å². The van der Waals surface area contributed by atoms with E-state index in [0.29, 0.717) is 0 Å². The topological polar surface area (TPSA) is 86.6 Å². The fourth-order valence-electron chi connectivity index (χ4n) is 1.28. The van der Waals surface area contributed by atoms with Crippen LogP contribution in [0.3, 0.4) is 0 Å². The number of nitrogens with one attached hydrogen (secondary N) is 1. The second-order valence-electron chi connectivity index (χ2n) is 3.87. The van der Waals surface area contributed by atoms with Gasteiger partial charge in [0.2, 0.25) is 5.91 Å². The average Bonchev–Trinajstić information content (AvgIpc) is 2.34. The van der Waals surface area contributed by atoms with E-state index in [1.807, 2.05) is 24.3 Å². The van der Waals surface area contributed by atoms with E-state index in [1.165, 1.54) is 18.7 Å². The van der Waals surface area contributed by atoms with Gasteiger partial charge in [0.05, 0.1) is 11.9 Å². The zero-order valence-electron chi connectivity index (χ0n) is 10.2. The van der Waals surface area contributed by atoms with Crippen molar-refractivity contribution >= 4 is 39.6 Å². The summed E-state index contributed by atoms with van der Waals surface area (Å²) >= 11 is 4.60. The van der Waals surface area contributed by atoms with Crippen molar-refractivity contribution in [3.63, 3.8) is 0 Å². The SMILES string of the molecule is CC(O)C(NC(=O)CSc1ccc(Br)cc1)C(=O)O. The highest BCUT2D eigenvalue weighted by atomic mass is 79.9. The Bertz CT molecular complexity index is 450. The van der Waals surface area contributed by atoms with E-state index in [-0.39, 0.29) is 5.75 Å². The molecule has 104 valence electrons. The predicted molar refractivity (Wildman–Crippen MR) is 76.1 cm³/mol. The van der Waals surface area contributed by atoms with Crippen molar-refractivity contribution < 1.29 is 19.8 Å². The van der Waals surface area contributed by atoms with Gasteiger partial charge in [-0.1, -0.05) is 15.9 Å². The zero-order chi connectivity index (χ0) is 14.4. The first-order valence-corrected chi connectivity index (χ1v) is 7.26. The number of thioether (sulfide) groups is 1. The molecule has 19 heavy (non-hydrogen) atoms. The van der Waals surface area contributed by atoms with Crippen LogP contribution >= 0.6 is 27.7 Å². The number of carbonyl (C=O) groups excluding carboxylic acids is 1. The number of aliphatic hydroxyl groups excluding tert-OH is 1. The van der Waals surface area contributed by atoms with Gasteiger partial charge < -0.3 is 15.5 Å². The summed E-state index contributed by atoms with van der Waals surface area (Å²) in [5.41, 5.74) is 0. The highest BCUT2D eigenvalue weighted by Crippen LogP contribution is 2.20. The molecule has 7 heteroatoms. The van der Waals surface area contributed by atoms with Gasteiger partial charge >= 0.3 is 5.97 Å². The number of carboxylic acids is 1. The lowest BCUT2D eigenvalue weighted by atomic mass is 10.2. The Balaban J connectivity index is 2.47. The van der Waals surface area contributed by atoms with E-state index in [4.69, 9.17) is 5.11 Å². The molecule has 1 rings (SSSR count). The fourth-order valence-corrected chi connectivity index (χ4v) is 2.26. The van der Waals surface area contributed by atoms with E-state index in [0.717, 1.165) is 9.37 Å². The number of amides is 1. The number of halogens is 1. The number of rotatable bonds is 6. The predicted octanol–water partition coefficient (Wildman–Crippen LogP) is 1.49. The van der Waals surface area contributed by atoms with E-state index >= 15 is 0 Å².